The van der Waals surface area contributed by atoms with Crippen LogP contribution >= 0.6 is 0 Å². The average molecular weight is 453 g/mol. The van der Waals surface area contributed by atoms with Crippen LogP contribution in [0.1, 0.15) is 50.7 Å². The van der Waals surface area contributed by atoms with Crippen LogP contribution in [0.4, 0.5) is 0 Å². The summed E-state index contributed by atoms with van der Waals surface area (Å²) in [6.45, 7) is 6.07. The Labute approximate surface area is 194 Å². The number of esters is 1. The van der Waals surface area contributed by atoms with E-state index in [4.69, 9.17) is 9.47 Å². The van der Waals surface area contributed by atoms with E-state index >= 15 is 0 Å². The fraction of sp³-hybridized carbons (Fsp3) is 0.577. The first-order valence-corrected chi connectivity index (χ1v) is 12.0. The lowest BCUT2D eigenvalue weighted by Gasteiger charge is -2.33. The molecule has 1 N–H and O–H groups in total. The fourth-order valence-corrected chi connectivity index (χ4v) is 6.23. The van der Waals surface area contributed by atoms with Gasteiger partial charge in [-0.1, -0.05) is 54.8 Å². The number of carbonyl (C=O) groups excluding carboxylic acids is 3. The lowest BCUT2D eigenvalue weighted by atomic mass is 9.70. The minimum absolute atomic E-state index is 0.114. The third-order valence-corrected chi connectivity index (χ3v) is 7.76. The highest BCUT2D eigenvalue weighted by Crippen LogP contribution is 2.60. The molecule has 7 heteroatoms. The summed E-state index contributed by atoms with van der Waals surface area (Å²) in [6, 6.07) is 7.20. The van der Waals surface area contributed by atoms with Crippen molar-refractivity contribution < 1.29 is 23.9 Å². The van der Waals surface area contributed by atoms with Gasteiger partial charge in [0.2, 0.25) is 11.8 Å². The monoisotopic (exact) mass is 452 g/mol. The van der Waals surface area contributed by atoms with Gasteiger partial charge in [-0.25, -0.2) is 0 Å². The van der Waals surface area contributed by atoms with E-state index in [1.54, 1.807) is 11.8 Å². The van der Waals surface area contributed by atoms with Crippen LogP contribution in [-0.4, -0.2) is 52.6 Å². The predicted molar refractivity (Wildman–Crippen MR) is 121 cm³/mol. The molecule has 3 aliphatic heterocycles. The van der Waals surface area contributed by atoms with Gasteiger partial charge < -0.3 is 19.7 Å². The van der Waals surface area contributed by atoms with Gasteiger partial charge >= 0.3 is 5.97 Å². The Balaban J connectivity index is 1.53. The summed E-state index contributed by atoms with van der Waals surface area (Å²) in [7, 11) is 0. The maximum Gasteiger partial charge on any atom is 0.313 e. The van der Waals surface area contributed by atoms with Gasteiger partial charge in [-0.05, 0) is 39.2 Å². The van der Waals surface area contributed by atoms with Crippen molar-refractivity contribution in [3.05, 3.63) is 47.5 Å². The number of ether oxygens (including phenoxy) is 2. The van der Waals surface area contributed by atoms with Crippen molar-refractivity contribution in [2.24, 2.45) is 11.8 Å². The van der Waals surface area contributed by atoms with E-state index in [1.165, 1.54) is 0 Å². The number of nitrogens with one attached hydrogen (secondary N) is 1. The highest BCUT2D eigenvalue weighted by Gasteiger charge is 2.76. The molecule has 3 heterocycles. The molecular formula is C26H32N2O5. The molecule has 1 saturated carbocycles. The van der Waals surface area contributed by atoms with E-state index in [9.17, 15) is 14.4 Å². The van der Waals surface area contributed by atoms with E-state index < -0.39 is 35.0 Å². The molecule has 1 aromatic rings. The molecule has 1 spiro atoms. The van der Waals surface area contributed by atoms with Gasteiger partial charge in [0.1, 0.15) is 17.6 Å². The lowest BCUT2D eigenvalue weighted by Crippen LogP contribution is -2.56. The Bertz CT molecular complexity index is 998. The number of hydrogen-bond donors (Lipinski definition) is 1. The van der Waals surface area contributed by atoms with E-state index in [2.05, 4.69) is 5.32 Å². The smallest absolute Gasteiger partial charge is 0.313 e. The molecule has 2 amide bonds. The third-order valence-electron chi connectivity index (χ3n) is 7.76. The fourth-order valence-electron chi connectivity index (χ4n) is 6.23. The van der Waals surface area contributed by atoms with E-state index in [-0.39, 0.29) is 31.0 Å². The molecule has 0 unspecified atom stereocenters. The van der Waals surface area contributed by atoms with Gasteiger partial charge in [-0.2, -0.15) is 0 Å². The number of hydrogen-bond acceptors (Lipinski definition) is 5. The van der Waals surface area contributed by atoms with Crippen LogP contribution in [-0.2, 0) is 30.4 Å². The average Bonchev–Trinajstić information content (AvgIpc) is 3.50. The van der Waals surface area contributed by atoms with Gasteiger partial charge in [-0.3, -0.25) is 14.4 Å². The first-order chi connectivity index (χ1) is 15.8. The standard InChI is InChI=1S/C26H32N2O5/c1-4-32-24(31)20-19-23(30)28(15-17-11-9-16(2)10-12-17)21(22(29)27-18-7-5-6-8-18)26(19)14-13-25(20,3)33-26/h9-14,18-21H,4-8,15H2,1-3H3,(H,27,29)/t19-,20-,21+,25+,26-/m0/s1. The van der Waals surface area contributed by atoms with Gasteiger partial charge in [0.25, 0.3) is 0 Å². The predicted octanol–water partition coefficient (Wildman–Crippen LogP) is 2.66. The number of benzene rings is 1. The minimum Gasteiger partial charge on any atom is -0.466 e. The maximum atomic E-state index is 13.9. The first-order valence-electron chi connectivity index (χ1n) is 12.0. The van der Waals surface area contributed by atoms with Crippen molar-refractivity contribution in [3.63, 3.8) is 0 Å². The highest BCUT2D eigenvalue weighted by atomic mass is 16.6. The van der Waals surface area contributed by atoms with Crippen LogP contribution in [0.15, 0.2) is 36.4 Å². The van der Waals surface area contributed by atoms with Crippen LogP contribution in [0.25, 0.3) is 0 Å². The molecule has 2 bridgehead atoms. The van der Waals surface area contributed by atoms with Crippen LogP contribution < -0.4 is 5.32 Å². The summed E-state index contributed by atoms with van der Waals surface area (Å²) in [6.07, 6.45) is 7.76. The summed E-state index contributed by atoms with van der Waals surface area (Å²) < 4.78 is 11.8. The molecule has 4 aliphatic rings. The Morgan fingerprint density at radius 2 is 1.88 bits per heavy atom. The van der Waals surface area contributed by atoms with Gasteiger partial charge in [0.05, 0.1) is 18.1 Å². The van der Waals surface area contributed by atoms with Crippen LogP contribution in [0.3, 0.4) is 0 Å². The Kier molecular flexibility index (Phi) is 5.35. The second kappa shape index (κ2) is 7.97. The molecule has 5 atom stereocenters. The molecule has 33 heavy (non-hydrogen) atoms. The topological polar surface area (TPSA) is 84.9 Å². The molecule has 1 aromatic carbocycles. The molecule has 5 rings (SSSR count). The van der Waals surface area contributed by atoms with Crippen LogP contribution in [0, 0.1) is 18.8 Å². The molecule has 176 valence electrons. The molecule has 7 nitrogen and oxygen atoms in total. The third kappa shape index (κ3) is 3.39. The Hall–Kier alpha value is -2.67. The Morgan fingerprint density at radius 1 is 1.18 bits per heavy atom. The summed E-state index contributed by atoms with van der Waals surface area (Å²) in [5.74, 6) is -2.44. The van der Waals surface area contributed by atoms with Gasteiger partial charge in [0.15, 0.2) is 0 Å². The SMILES string of the molecule is CCOC(=O)[C@@H]1[C@H]2C(=O)N(Cc3ccc(C)cc3)[C@H](C(=O)NC3CCCC3)[C@]23C=C[C@@]1(C)O3. The first kappa shape index (κ1) is 22.1. The van der Waals surface area contributed by atoms with Crippen molar-refractivity contribution in [1.82, 2.24) is 10.2 Å². The summed E-state index contributed by atoms with van der Waals surface area (Å²) in [5.41, 5.74) is -0.0791. The second-order valence-corrected chi connectivity index (χ2v) is 10.0. The molecule has 0 aromatic heterocycles. The van der Waals surface area contributed by atoms with Crippen LogP contribution in [0.2, 0.25) is 0 Å². The Morgan fingerprint density at radius 3 is 2.55 bits per heavy atom. The number of fused-ring (bicyclic) bond motifs is 1. The lowest BCUT2D eigenvalue weighted by molar-refractivity contribution is -0.157. The zero-order valence-corrected chi connectivity index (χ0v) is 19.5. The number of amides is 2. The minimum atomic E-state index is -1.17. The zero-order chi connectivity index (χ0) is 23.4. The molecule has 2 saturated heterocycles. The molecule has 3 fully saturated rings. The van der Waals surface area contributed by atoms with Crippen LogP contribution in [0.5, 0.6) is 0 Å². The van der Waals surface area contributed by atoms with Crippen molar-refractivity contribution in [2.75, 3.05) is 6.61 Å². The zero-order valence-electron chi connectivity index (χ0n) is 19.5. The molecule has 0 radical (unpaired) electrons. The van der Waals surface area contributed by atoms with E-state index in [1.807, 2.05) is 50.3 Å². The van der Waals surface area contributed by atoms with Crippen molar-refractivity contribution in [1.29, 1.82) is 0 Å². The highest BCUT2D eigenvalue weighted by molar-refractivity contribution is 5.99. The van der Waals surface area contributed by atoms with E-state index in [0.29, 0.717) is 0 Å². The second-order valence-electron chi connectivity index (χ2n) is 10.0. The van der Waals surface area contributed by atoms with Crippen molar-refractivity contribution >= 4 is 17.8 Å². The number of aryl methyl sites for hydroxylation is 1. The molecular weight excluding hydrogens is 420 g/mol. The maximum absolute atomic E-state index is 13.9. The van der Waals surface area contributed by atoms with Crippen molar-refractivity contribution in [2.45, 2.75) is 76.3 Å². The number of rotatable bonds is 6. The normalized spacial score (nSPS) is 34.7. The largest absolute Gasteiger partial charge is 0.466 e. The summed E-state index contributed by atoms with van der Waals surface area (Å²) >= 11 is 0. The quantitative estimate of drug-likeness (QED) is 0.530. The summed E-state index contributed by atoms with van der Waals surface area (Å²) in [5, 5.41) is 3.18. The number of nitrogens with zero attached hydrogens (tertiary/aromatic N) is 1. The molecule has 1 aliphatic carbocycles. The van der Waals surface area contributed by atoms with Gasteiger partial charge in [0, 0.05) is 12.6 Å². The summed E-state index contributed by atoms with van der Waals surface area (Å²) in [4.78, 5) is 42.2. The van der Waals surface area contributed by atoms with Crippen molar-refractivity contribution in [3.8, 4) is 0 Å². The van der Waals surface area contributed by atoms with E-state index in [0.717, 1.165) is 36.8 Å². The number of likely N-dealkylation sites (tertiary alicyclic amines) is 1. The number of carbonyl (C=O) groups is 3. The van der Waals surface area contributed by atoms with Gasteiger partial charge in [-0.15, -0.1) is 0 Å².